The number of hydrogen-bond donors (Lipinski definition) is 0. The Hall–Kier alpha value is -2.72. The van der Waals surface area contributed by atoms with Gasteiger partial charge in [0.15, 0.2) is 28.6 Å². The van der Waals surface area contributed by atoms with Crippen molar-refractivity contribution in [2.45, 2.75) is 30.5 Å². The van der Waals surface area contributed by atoms with E-state index in [1.165, 1.54) is 0 Å². The molecule has 0 aliphatic carbocycles. The van der Waals surface area contributed by atoms with Crippen LogP contribution < -0.4 is 14.2 Å². The van der Waals surface area contributed by atoms with Crippen LogP contribution in [-0.2, 0) is 12.3 Å². The molecule has 1 unspecified atom stereocenters. The zero-order chi connectivity index (χ0) is 24.4. The Bertz CT molecular complexity index is 1370. The van der Waals surface area contributed by atoms with Crippen LogP contribution in [0.25, 0.3) is 10.6 Å². The van der Waals surface area contributed by atoms with Crippen LogP contribution in [0.3, 0.4) is 0 Å². The molecule has 0 bridgehead atoms. The summed E-state index contributed by atoms with van der Waals surface area (Å²) in [4.78, 5) is 4.78. The van der Waals surface area contributed by atoms with Crippen LogP contribution in [0.1, 0.15) is 24.5 Å². The van der Waals surface area contributed by atoms with E-state index < -0.39 is 0 Å². The molecule has 0 saturated carbocycles. The van der Waals surface area contributed by atoms with Gasteiger partial charge in [0.05, 0.1) is 10.7 Å². The highest BCUT2D eigenvalue weighted by molar-refractivity contribution is 7.98. The summed E-state index contributed by atoms with van der Waals surface area (Å²) < 4.78 is 18.9. The van der Waals surface area contributed by atoms with Crippen molar-refractivity contribution in [3.63, 3.8) is 0 Å². The molecule has 1 aliphatic rings. The Kier molecular flexibility index (Phi) is 7.19. The van der Waals surface area contributed by atoms with Crippen LogP contribution in [0, 0.1) is 0 Å². The van der Waals surface area contributed by atoms with Crippen molar-refractivity contribution >= 4 is 46.3 Å². The Labute approximate surface area is 220 Å². The smallest absolute Gasteiger partial charge is 0.231 e. The van der Waals surface area contributed by atoms with Gasteiger partial charge < -0.3 is 14.2 Å². The molecule has 2 aromatic heterocycles. The first kappa shape index (κ1) is 24.0. The fourth-order valence-corrected chi connectivity index (χ4v) is 5.72. The highest BCUT2D eigenvalue weighted by atomic mass is 35.5. The molecule has 2 aromatic carbocycles. The average Bonchev–Trinajstić information content (AvgIpc) is 3.59. The largest absolute Gasteiger partial charge is 0.481 e. The predicted molar refractivity (Wildman–Crippen MR) is 139 cm³/mol. The summed E-state index contributed by atoms with van der Waals surface area (Å²) in [6.45, 7) is 6.58. The molecule has 0 spiro atoms. The van der Waals surface area contributed by atoms with Crippen LogP contribution in [0.15, 0.2) is 59.6 Å². The standard InChI is InChI=1S/C24H20Cl2N4O3S2/c1-3-8-30-22(14(2)33-19-7-5-16(25)10-18(19)26)28-29-24(30)35-12-17-11-34-23(27-17)15-4-6-20-21(9-15)32-13-31-20/h3-7,9-11,14H,1,8,12-13H2,2H3. The predicted octanol–water partition coefficient (Wildman–Crippen LogP) is 7.06. The molecule has 0 amide bonds. The normalized spacial score (nSPS) is 13.1. The number of ether oxygens (including phenoxy) is 3. The van der Waals surface area contributed by atoms with Crippen LogP contribution in [0.5, 0.6) is 17.2 Å². The topological polar surface area (TPSA) is 71.3 Å². The Balaban J connectivity index is 1.29. The quantitative estimate of drug-likeness (QED) is 0.164. The fraction of sp³-hybridized carbons (Fsp3) is 0.208. The molecule has 35 heavy (non-hydrogen) atoms. The lowest BCUT2D eigenvalue weighted by Crippen LogP contribution is -2.12. The summed E-state index contributed by atoms with van der Waals surface area (Å²) >= 11 is 15.4. The number of fused-ring (bicyclic) bond motifs is 1. The molecule has 7 nitrogen and oxygen atoms in total. The first-order valence-electron chi connectivity index (χ1n) is 10.6. The molecule has 5 rings (SSSR count). The van der Waals surface area contributed by atoms with Crippen LogP contribution in [-0.4, -0.2) is 26.5 Å². The molecular weight excluding hydrogens is 527 g/mol. The first-order chi connectivity index (χ1) is 17.0. The van der Waals surface area contributed by atoms with Crippen molar-refractivity contribution in [1.29, 1.82) is 0 Å². The van der Waals surface area contributed by atoms with E-state index in [0.717, 1.165) is 32.9 Å². The maximum Gasteiger partial charge on any atom is 0.231 e. The third-order valence-electron chi connectivity index (χ3n) is 5.14. The second kappa shape index (κ2) is 10.5. The molecule has 0 fully saturated rings. The van der Waals surface area contributed by atoms with Crippen molar-refractivity contribution in [2.24, 2.45) is 0 Å². The Morgan fingerprint density at radius 3 is 2.89 bits per heavy atom. The number of rotatable bonds is 9. The van der Waals surface area contributed by atoms with Gasteiger partial charge in [-0.25, -0.2) is 4.98 Å². The molecule has 11 heteroatoms. The maximum atomic E-state index is 6.27. The van der Waals surface area contributed by atoms with E-state index >= 15 is 0 Å². The number of thioether (sulfide) groups is 1. The fourth-order valence-electron chi connectivity index (χ4n) is 3.50. The molecular formula is C24H20Cl2N4O3S2. The summed E-state index contributed by atoms with van der Waals surface area (Å²) in [6.07, 6.45) is 1.42. The van der Waals surface area contributed by atoms with Gasteiger partial charge in [-0.15, -0.1) is 28.1 Å². The van der Waals surface area contributed by atoms with Crippen LogP contribution in [0.2, 0.25) is 10.0 Å². The summed E-state index contributed by atoms with van der Waals surface area (Å²) in [5.74, 6) is 3.36. The minimum Gasteiger partial charge on any atom is -0.481 e. The first-order valence-corrected chi connectivity index (χ1v) is 13.3. The van der Waals surface area contributed by atoms with Crippen molar-refractivity contribution in [3.05, 3.63) is 76.0 Å². The lowest BCUT2D eigenvalue weighted by Gasteiger charge is -2.16. The second-order valence-corrected chi connectivity index (χ2v) is 10.2. The van der Waals surface area contributed by atoms with E-state index in [4.69, 9.17) is 42.4 Å². The number of aromatic nitrogens is 4. The third-order valence-corrected chi connectivity index (χ3v) is 7.61. The van der Waals surface area contributed by atoms with Gasteiger partial charge in [-0.1, -0.05) is 41.0 Å². The van der Waals surface area contributed by atoms with E-state index in [1.54, 1.807) is 47.4 Å². The van der Waals surface area contributed by atoms with Crippen LogP contribution >= 0.6 is 46.3 Å². The van der Waals surface area contributed by atoms with Crippen molar-refractivity contribution in [1.82, 2.24) is 19.7 Å². The minimum atomic E-state index is -0.382. The number of thiazole rings is 1. The molecule has 1 atom stereocenters. The molecule has 0 N–H and O–H groups in total. The molecule has 180 valence electrons. The summed E-state index contributed by atoms with van der Waals surface area (Å²) in [7, 11) is 0. The number of nitrogens with zero attached hydrogens (tertiary/aromatic N) is 4. The zero-order valence-electron chi connectivity index (χ0n) is 18.6. The molecule has 4 aromatic rings. The molecule has 0 saturated heterocycles. The molecule has 3 heterocycles. The van der Waals surface area contributed by atoms with Gasteiger partial charge in [-0.05, 0) is 43.3 Å². The lowest BCUT2D eigenvalue weighted by molar-refractivity contribution is 0.174. The van der Waals surface area contributed by atoms with E-state index in [-0.39, 0.29) is 12.9 Å². The highest BCUT2D eigenvalue weighted by Crippen LogP contribution is 2.37. The molecule has 1 aliphatic heterocycles. The lowest BCUT2D eigenvalue weighted by atomic mass is 10.2. The second-order valence-electron chi connectivity index (χ2n) is 7.58. The highest BCUT2D eigenvalue weighted by Gasteiger charge is 2.21. The van der Waals surface area contributed by atoms with Gasteiger partial charge in [0.2, 0.25) is 6.79 Å². The van der Waals surface area contributed by atoms with E-state index in [1.807, 2.05) is 29.7 Å². The van der Waals surface area contributed by atoms with Gasteiger partial charge in [-0.2, -0.15) is 0 Å². The Morgan fingerprint density at radius 1 is 1.20 bits per heavy atom. The van der Waals surface area contributed by atoms with Crippen molar-refractivity contribution in [3.8, 4) is 27.8 Å². The summed E-state index contributed by atoms with van der Waals surface area (Å²) in [5.41, 5.74) is 1.96. The molecule has 0 radical (unpaired) electrons. The summed E-state index contributed by atoms with van der Waals surface area (Å²) in [6, 6.07) is 11.0. The van der Waals surface area contributed by atoms with E-state index in [9.17, 15) is 0 Å². The Morgan fingerprint density at radius 2 is 2.06 bits per heavy atom. The number of hydrogen-bond acceptors (Lipinski definition) is 8. The number of halogens is 2. The van der Waals surface area contributed by atoms with E-state index in [2.05, 4.69) is 22.2 Å². The van der Waals surface area contributed by atoms with Gasteiger partial charge in [0.1, 0.15) is 10.8 Å². The number of benzene rings is 2. The van der Waals surface area contributed by atoms with Gasteiger partial charge in [0, 0.05) is 28.3 Å². The van der Waals surface area contributed by atoms with Crippen LogP contribution in [0.4, 0.5) is 0 Å². The maximum absolute atomic E-state index is 6.27. The van der Waals surface area contributed by atoms with Crippen molar-refractivity contribution in [2.75, 3.05) is 6.79 Å². The van der Waals surface area contributed by atoms with Gasteiger partial charge >= 0.3 is 0 Å². The zero-order valence-corrected chi connectivity index (χ0v) is 21.8. The minimum absolute atomic E-state index is 0.252. The average molecular weight is 547 g/mol. The monoisotopic (exact) mass is 546 g/mol. The SMILES string of the molecule is C=CCn1c(SCc2csc(-c3ccc4c(c3)OCO4)n2)nnc1C(C)Oc1ccc(Cl)cc1Cl. The van der Waals surface area contributed by atoms with Gasteiger partial charge in [-0.3, -0.25) is 4.57 Å². The summed E-state index contributed by atoms with van der Waals surface area (Å²) in [5, 5.41) is 13.5. The number of allylic oxidation sites excluding steroid dienone is 1. The van der Waals surface area contributed by atoms with E-state index in [0.29, 0.717) is 33.9 Å². The van der Waals surface area contributed by atoms with Crippen molar-refractivity contribution < 1.29 is 14.2 Å². The van der Waals surface area contributed by atoms with Gasteiger partial charge in [0.25, 0.3) is 0 Å². The third kappa shape index (κ3) is 5.28.